The molecule has 1 aromatic carbocycles. The number of amides is 1. The number of aryl methyl sites for hydroxylation is 1. The monoisotopic (exact) mass is 322 g/mol. The van der Waals surface area contributed by atoms with Gasteiger partial charge in [-0.3, -0.25) is 4.79 Å². The molecule has 5 nitrogen and oxygen atoms in total. The van der Waals surface area contributed by atoms with E-state index in [0.29, 0.717) is 25.2 Å². The molecule has 1 aliphatic heterocycles. The van der Waals surface area contributed by atoms with Crippen molar-refractivity contribution in [2.45, 2.75) is 6.04 Å². The van der Waals surface area contributed by atoms with E-state index in [0.717, 1.165) is 11.9 Å². The molecule has 0 bridgehead atoms. The van der Waals surface area contributed by atoms with Crippen LogP contribution in [-0.2, 0) is 7.05 Å². The molecule has 1 atom stereocenters. The molecule has 0 aliphatic carbocycles. The van der Waals surface area contributed by atoms with Gasteiger partial charge in [-0.25, -0.2) is 9.37 Å². The predicted octanol–water partition coefficient (Wildman–Crippen LogP) is 2.00. The SMILES string of the molecule is Cn1ccnc1C1CNCCN1C(=O)c1ccc(F)cc1Cl. The van der Waals surface area contributed by atoms with Gasteiger partial charge in [0.05, 0.1) is 10.6 Å². The first-order valence-electron chi connectivity index (χ1n) is 7.02. The van der Waals surface area contributed by atoms with E-state index in [4.69, 9.17) is 11.6 Å². The summed E-state index contributed by atoms with van der Waals surface area (Å²) >= 11 is 6.02. The summed E-state index contributed by atoms with van der Waals surface area (Å²) in [4.78, 5) is 18.9. The second-order valence-corrected chi connectivity index (χ2v) is 5.65. The predicted molar refractivity (Wildman–Crippen MR) is 81.3 cm³/mol. The molecule has 1 N–H and O–H groups in total. The van der Waals surface area contributed by atoms with Crippen LogP contribution in [0.15, 0.2) is 30.6 Å². The van der Waals surface area contributed by atoms with Gasteiger partial charge >= 0.3 is 0 Å². The quantitative estimate of drug-likeness (QED) is 0.920. The number of hydrogen-bond acceptors (Lipinski definition) is 3. The number of nitrogens with zero attached hydrogens (tertiary/aromatic N) is 3. The lowest BCUT2D eigenvalue weighted by atomic mass is 10.1. The van der Waals surface area contributed by atoms with Crippen molar-refractivity contribution in [1.82, 2.24) is 19.8 Å². The highest BCUT2D eigenvalue weighted by Gasteiger charge is 2.31. The van der Waals surface area contributed by atoms with Crippen molar-refractivity contribution in [3.05, 3.63) is 52.8 Å². The van der Waals surface area contributed by atoms with E-state index in [-0.39, 0.29) is 17.0 Å². The van der Waals surface area contributed by atoms with Crippen molar-refractivity contribution in [2.75, 3.05) is 19.6 Å². The highest BCUT2D eigenvalue weighted by atomic mass is 35.5. The molecule has 7 heteroatoms. The van der Waals surface area contributed by atoms with Crippen LogP contribution in [0.1, 0.15) is 22.2 Å². The number of carbonyl (C=O) groups is 1. The number of imidazole rings is 1. The van der Waals surface area contributed by atoms with Gasteiger partial charge in [0.25, 0.3) is 5.91 Å². The van der Waals surface area contributed by atoms with Crippen molar-refractivity contribution in [1.29, 1.82) is 0 Å². The first kappa shape index (κ1) is 15.0. The highest BCUT2D eigenvalue weighted by molar-refractivity contribution is 6.33. The average Bonchev–Trinajstić information content (AvgIpc) is 2.93. The Morgan fingerprint density at radius 1 is 1.50 bits per heavy atom. The minimum absolute atomic E-state index is 0.127. The third-order valence-electron chi connectivity index (χ3n) is 3.82. The second kappa shape index (κ2) is 6.06. The molecule has 2 heterocycles. The van der Waals surface area contributed by atoms with E-state index < -0.39 is 5.82 Å². The van der Waals surface area contributed by atoms with Gasteiger partial charge in [-0.2, -0.15) is 0 Å². The van der Waals surface area contributed by atoms with E-state index >= 15 is 0 Å². The maximum atomic E-state index is 13.2. The molecule has 1 aromatic heterocycles. The zero-order chi connectivity index (χ0) is 15.7. The van der Waals surface area contributed by atoms with Crippen LogP contribution in [0.25, 0.3) is 0 Å². The van der Waals surface area contributed by atoms with Crippen LogP contribution in [0, 0.1) is 5.82 Å². The molecule has 3 rings (SSSR count). The van der Waals surface area contributed by atoms with Crippen molar-refractivity contribution in [3.63, 3.8) is 0 Å². The topological polar surface area (TPSA) is 50.2 Å². The minimum Gasteiger partial charge on any atom is -0.336 e. The van der Waals surface area contributed by atoms with Crippen molar-refractivity contribution in [2.24, 2.45) is 7.05 Å². The minimum atomic E-state index is -0.456. The molecular formula is C15H16ClFN4O. The molecule has 1 unspecified atom stereocenters. The highest BCUT2D eigenvalue weighted by Crippen LogP contribution is 2.26. The third kappa shape index (κ3) is 2.71. The number of benzene rings is 1. The van der Waals surface area contributed by atoms with Crippen LogP contribution in [0.5, 0.6) is 0 Å². The molecule has 22 heavy (non-hydrogen) atoms. The molecule has 1 fully saturated rings. The zero-order valence-electron chi connectivity index (χ0n) is 12.1. The van der Waals surface area contributed by atoms with Crippen LogP contribution in [0.3, 0.4) is 0 Å². The molecule has 0 spiro atoms. The summed E-state index contributed by atoms with van der Waals surface area (Å²) < 4.78 is 15.1. The Hall–Kier alpha value is -1.92. The van der Waals surface area contributed by atoms with E-state index in [1.807, 2.05) is 17.8 Å². The van der Waals surface area contributed by atoms with Gasteiger partial charge in [0.15, 0.2) is 0 Å². The number of piperazine rings is 1. The van der Waals surface area contributed by atoms with Crippen molar-refractivity contribution in [3.8, 4) is 0 Å². The molecule has 0 saturated carbocycles. The number of hydrogen-bond donors (Lipinski definition) is 1. The summed E-state index contributed by atoms with van der Waals surface area (Å²) in [7, 11) is 1.89. The Morgan fingerprint density at radius 3 is 3.00 bits per heavy atom. The van der Waals surface area contributed by atoms with Gasteiger partial charge in [-0.15, -0.1) is 0 Å². The largest absolute Gasteiger partial charge is 0.336 e. The third-order valence-corrected chi connectivity index (χ3v) is 4.13. The fraction of sp³-hybridized carbons (Fsp3) is 0.333. The van der Waals surface area contributed by atoms with E-state index in [1.54, 1.807) is 11.1 Å². The molecule has 1 aliphatic rings. The summed E-state index contributed by atoms with van der Waals surface area (Å²) in [6.45, 7) is 1.87. The summed E-state index contributed by atoms with van der Waals surface area (Å²) in [5.74, 6) is 0.140. The molecule has 0 radical (unpaired) electrons. The lowest BCUT2D eigenvalue weighted by molar-refractivity contribution is 0.0621. The standard InChI is InChI=1S/C15H16ClFN4O/c1-20-6-5-19-14(20)13-9-18-4-7-21(13)15(22)11-3-2-10(17)8-12(11)16/h2-3,5-6,8,13,18H,4,7,9H2,1H3. The van der Waals surface area contributed by atoms with Crippen molar-refractivity contribution >= 4 is 17.5 Å². The van der Waals surface area contributed by atoms with Crippen LogP contribution < -0.4 is 5.32 Å². The summed E-state index contributed by atoms with van der Waals surface area (Å²) in [6, 6.07) is 3.66. The smallest absolute Gasteiger partial charge is 0.256 e. The lowest BCUT2D eigenvalue weighted by Crippen LogP contribution is -2.49. The van der Waals surface area contributed by atoms with E-state index in [9.17, 15) is 9.18 Å². The van der Waals surface area contributed by atoms with Crippen molar-refractivity contribution < 1.29 is 9.18 Å². The van der Waals surface area contributed by atoms with Gasteiger partial charge in [0.1, 0.15) is 17.7 Å². The molecule has 116 valence electrons. The van der Waals surface area contributed by atoms with Crippen LogP contribution in [0.2, 0.25) is 5.02 Å². The van der Waals surface area contributed by atoms with E-state index in [2.05, 4.69) is 10.3 Å². The number of aromatic nitrogens is 2. The van der Waals surface area contributed by atoms with E-state index in [1.165, 1.54) is 12.1 Å². The number of halogens is 2. The van der Waals surface area contributed by atoms with Gasteiger partial charge in [-0.05, 0) is 18.2 Å². The first-order chi connectivity index (χ1) is 10.6. The Labute approximate surface area is 132 Å². The van der Waals surface area contributed by atoms with Crippen LogP contribution in [-0.4, -0.2) is 40.0 Å². The Balaban J connectivity index is 1.93. The fourth-order valence-electron chi connectivity index (χ4n) is 2.69. The van der Waals surface area contributed by atoms with Gasteiger partial charge in [0.2, 0.25) is 0 Å². The molecule has 1 saturated heterocycles. The summed E-state index contributed by atoms with van der Waals surface area (Å²) in [5.41, 5.74) is 0.309. The normalized spacial score (nSPS) is 18.5. The zero-order valence-corrected chi connectivity index (χ0v) is 12.8. The number of carbonyl (C=O) groups excluding carboxylic acids is 1. The second-order valence-electron chi connectivity index (χ2n) is 5.24. The average molecular weight is 323 g/mol. The summed E-state index contributed by atoms with van der Waals surface area (Å²) in [6.07, 6.45) is 3.55. The molecular weight excluding hydrogens is 307 g/mol. The first-order valence-corrected chi connectivity index (χ1v) is 7.39. The fourth-order valence-corrected chi connectivity index (χ4v) is 2.94. The summed E-state index contributed by atoms with van der Waals surface area (Å²) in [5, 5.41) is 3.40. The Kier molecular flexibility index (Phi) is 4.13. The van der Waals surface area contributed by atoms with Crippen LogP contribution >= 0.6 is 11.6 Å². The van der Waals surface area contributed by atoms with Gasteiger partial charge in [0, 0.05) is 39.1 Å². The van der Waals surface area contributed by atoms with Crippen LogP contribution in [0.4, 0.5) is 4.39 Å². The van der Waals surface area contributed by atoms with Gasteiger partial charge < -0.3 is 14.8 Å². The lowest BCUT2D eigenvalue weighted by Gasteiger charge is -2.36. The number of nitrogens with one attached hydrogen (secondary N) is 1. The molecule has 1 amide bonds. The maximum absolute atomic E-state index is 13.2. The maximum Gasteiger partial charge on any atom is 0.256 e. The van der Waals surface area contributed by atoms with Gasteiger partial charge in [-0.1, -0.05) is 11.6 Å². The number of rotatable bonds is 2. The molecule has 2 aromatic rings. The Bertz CT molecular complexity index is 703. The Morgan fingerprint density at radius 2 is 2.32 bits per heavy atom.